The number of fused-ring (bicyclic) bond motifs is 3. The number of aliphatic carboxylic acids is 1. The number of carboxylic acid groups (broad SMARTS) is 1. The summed E-state index contributed by atoms with van der Waals surface area (Å²) in [6.07, 6.45) is 2.97. The van der Waals surface area contributed by atoms with Gasteiger partial charge in [-0.05, 0) is 30.3 Å². The van der Waals surface area contributed by atoms with E-state index >= 15 is 0 Å². The Hall–Kier alpha value is -4.33. The zero-order valence-corrected chi connectivity index (χ0v) is 16.6. The monoisotopic (exact) mass is 432 g/mol. The fraction of sp³-hybridized carbons (Fsp3) is 0.125. The Balaban J connectivity index is 1.61. The molecule has 1 aromatic heterocycles. The minimum atomic E-state index is -1.12. The largest absolute Gasteiger partial charge is 0.482 e. The molecule has 8 nitrogen and oxygen atoms in total. The molecule has 32 heavy (non-hydrogen) atoms. The molecular formula is C24H16O8. The van der Waals surface area contributed by atoms with Gasteiger partial charge in [0.2, 0.25) is 5.78 Å². The molecule has 2 aliphatic heterocycles. The van der Waals surface area contributed by atoms with Gasteiger partial charge >= 0.3 is 11.9 Å². The lowest BCUT2D eigenvalue weighted by Gasteiger charge is -2.27. The summed E-state index contributed by atoms with van der Waals surface area (Å²) in [5.74, 6) is -0.973. The van der Waals surface area contributed by atoms with E-state index in [4.69, 9.17) is 23.7 Å². The van der Waals surface area contributed by atoms with Crippen LogP contribution in [0.2, 0.25) is 0 Å². The molecular weight excluding hydrogens is 416 g/mol. The summed E-state index contributed by atoms with van der Waals surface area (Å²) in [7, 11) is 0. The van der Waals surface area contributed by atoms with Crippen molar-refractivity contribution in [1.82, 2.24) is 0 Å². The number of carboxylic acids is 1. The van der Waals surface area contributed by atoms with E-state index in [9.17, 15) is 14.4 Å². The molecule has 1 N–H and O–H groups in total. The molecule has 0 aliphatic carbocycles. The van der Waals surface area contributed by atoms with Crippen molar-refractivity contribution in [3.8, 4) is 17.2 Å². The summed E-state index contributed by atoms with van der Waals surface area (Å²) in [5.41, 5.74) is 1.47. The first-order chi connectivity index (χ1) is 15.5. The topological polar surface area (TPSA) is 112 Å². The van der Waals surface area contributed by atoms with Crippen LogP contribution < -0.4 is 14.2 Å². The van der Waals surface area contributed by atoms with Crippen molar-refractivity contribution in [2.45, 2.75) is 12.3 Å². The van der Waals surface area contributed by atoms with Crippen molar-refractivity contribution in [3.63, 3.8) is 0 Å². The Kier molecular flexibility index (Phi) is 4.74. The highest BCUT2D eigenvalue weighted by Gasteiger charge is 2.39. The minimum Gasteiger partial charge on any atom is -0.482 e. The molecule has 3 aromatic rings. The maximum atomic E-state index is 12.9. The van der Waals surface area contributed by atoms with E-state index < -0.39 is 24.5 Å². The first-order valence-electron chi connectivity index (χ1n) is 9.80. The lowest BCUT2D eigenvalue weighted by molar-refractivity contribution is -0.139. The molecule has 1 atom stereocenters. The van der Waals surface area contributed by atoms with Gasteiger partial charge in [-0.1, -0.05) is 18.2 Å². The molecule has 160 valence electrons. The predicted molar refractivity (Wildman–Crippen MR) is 110 cm³/mol. The highest BCUT2D eigenvalue weighted by Crippen LogP contribution is 2.50. The third-order valence-corrected chi connectivity index (χ3v) is 5.24. The highest BCUT2D eigenvalue weighted by molar-refractivity contribution is 6.15. The zero-order valence-electron chi connectivity index (χ0n) is 16.6. The SMILES string of the molecule is O=C(O)COc1ccccc1C1CC(=O)Oc2ccc3c(c21)OC(=Cc1ccco1)C3=O. The van der Waals surface area contributed by atoms with Crippen LogP contribution in [0.25, 0.3) is 6.08 Å². The fourth-order valence-electron chi connectivity index (χ4n) is 3.91. The van der Waals surface area contributed by atoms with E-state index in [1.807, 2.05) is 0 Å². The molecule has 2 aliphatic rings. The number of carbonyl (C=O) groups is 3. The number of benzene rings is 2. The van der Waals surface area contributed by atoms with Crippen LogP contribution in [0.5, 0.6) is 17.2 Å². The summed E-state index contributed by atoms with van der Waals surface area (Å²) in [6, 6.07) is 13.4. The van der Waals surface area contributed by atoms with Crippen LogP contribution in [0.4, 0.5) is 0 Å². The number of ether oxygens (including phenoxy) is 3. The van der Waals surface area contributed by atoms with Crippen LogP contribution in [0.1, 0.15) is 39.6 Å². The Bertz CT molecular complexity index is 1270. The van der Waals surface area contributed by atoms with Crippen LogP contribution in [-0.2, 0) is 9.59 Å². The highest BCUT2D eigenvalue weighted by atomic mass is 16.5. The molecule has 0 fully saturated rings. The van der Waals surface area contributed by atoms with E-state index in [1.165, 1.54) is 12.3 Å². The van der Waals surface area contributed by atoms with Crippen molar-refractivity contribution >= 4 is 23.8 Å². The van der Waals surface area contributed by atoms with Crippen LogP contribution >= 0.6 is 0 Å². The number of furan rings is 1. The Morgan fingerprint density at radius 3 is 2.72 bits per heavy atom. The summed E-state index contributed by atoms with van der Waals surface area (Å²) in [4.78, 5) is 36.3. The van der Waals surface area contributed by atoms with Crippen molar-refractivity contribution < 1.29 is 38.1 Å². The number of rotatable bonds is 5. The number of ketones is 1. The molecule has 0 spiro atoms. The molecule has 0 saturated heterocycles. The van der Waals surface area contributed by atoms with E-state index in [0.717, 1.165) is 0 Å². The quantitative estimate of drug-likeness (QED) is 0.368. The second kappa shape index (κ2) is 7.73. The number of para-hydroxylation sites is 1. The summed E-state index contributed by atoms with van der Waals surface area (Å²) in [5, 5.41) is 9.00. The lowest BCUT2D eigenvalue weighted by Crippen LogP contribution is -2.22. The average molecular weight is 432 g/mol. The molecule has 2 aromatic carbocycles. The van der Waals surface area contributed by atoms with Crippen LogP contribution in [0, 0.1) is 0 Å². The molecule has 0 saturated carbocycles. The number of esters is 1. The number of Topliss-reactive ketones (excluding diaryl/α,β-unsaturated/α-hetero) is 1. The van der Waals surface area contributed by atoms with Gasteiger partial charge in [0.15, 0.2) is 12.4 Å². The van der Waals surface area contributed by atoms with Gasteiger partial charge < -0.3 is 23.7 Å². The van der Waals surface area contributed by atoms with Gasteiger partial charge in [-0.3, -0.25) is 9.59 Å². The molecule has 0 radical (unpaired) electrons. The Morgan fingerprint density at radius 2 is 1.94 bits per heavy atom. The molecule has 8 heteroatoms. The fourth-order valence-corrected chi connectivity index (χ4v) is 3.91. The van der Waals surface area contributed by atoms with E-state index in [-0.39, 0.29) is 23.7 Å². The summed E-state index contributed by atoms with van der Waals surface area (Å²) >= 11 is 0. The number of allylic oxidation sites excluding steroid dienone is 1. The zero-order chi connectivity index (χ0) is 22.2. The first kappa shape index (κ1) is 19.6. The molecule has 5 rings (SSSR count). The van der Waals surface area contributed by atoms with Crippen molar-refractivity contribution in [1.29, 1.82) is 0 Å². The summed E-state index contributed by atoms with van der Waals surface area (Å²) < 4.78 is 22.1. The number of carbonyl (C=O) groups excluding carboxylic acids is 2. The van der Waals surface area contributed by atoms with Crippen molar-refractivity contribution in [2.24, 2.45) is 0 Å². The third-order valence-electron chi connectivity index (χ3n) is 5.24. The van der Waals surface area contributed by atoms with Gasteiger partial charge in [0.05, 0.1) is 18.2 Å². The maximum Gasteiger partial charge on any atom is 0.341 e. The third kappa shape index (κ3) is 3.41. The van der Waals surface area contributed by atoms with Crippen molar-refractivity contribution in [3.05, 3.63) is 83.0 Å². The molecule has 3 heterocycles. The van der Waals surface area contributed by atoms with Gasteiger partial charge in [-0.15, -0.1) is 0 Å². The van der Waals surface area contributed by atoms with Gasteiger partial charge in [0, 0.05) is 23.1 Å². The molecule has 0 bridgehead atoms. The average Bonchev–Trinajstić information content (AvgIpc) is 3.40. The number of hydrogen-bond acceptors (Lipinski definition) is 7. The Morgan fingerprint density at radius 1 is 1.09 bits per heavy atom. The molecule has 1 unspecified atom stereocenters. The normalized spacial score (nSPS) is 18.0. The van der Waals surface area contributed by atoms with E-state index in [1.54, 1.807) is 48.5 Å². The lowest BCUT2D eigenvalue weighted by atomic mass is 9.84. The van der Waals surface area contributed by atoms with Crippen LogP contribution in [0.3, 0.4) is 0 Å². The summed E-state index contributed by atoms with van der Waals surface area (Å²) in [6.45, 7) is -0.529. The Labute approximate surface area is 181 Å². The van der Waals surface area contributed by atoms with Gasteiger partial charge in [-0.25, -0.2) is 4.79 Å². The second-order valence-electron chi connectivity index (χ2n) is 7.26. The van der Waals surface area contributed by atoms with Gasteiger partial charge in [0.1, 0.15) is 23.0 Å². The van der Waals surface area contributed by atoms with Crippen LogP contribution in [0.15, 0.2) is 65.0 Å². The standard InChI is InChI=1S/C24H16O8/c25-20(26)12-30-17-6-2-1-5-14(17)16-11-21(27)31-18-8-7-15-23(28)19(32-24(15)22(16)18)10-13-4-3-9-29-13/h1-10,16H,11-12H2,(H,25,26). The van der Waals surface area contributed by atoms with Crippen molar-refractivity contribution in [2.75, 3.05) is 6.61 Å². The van der Waals surface area contributed by atoms with Crippen LogP contribution in [-0.4, -0.2) is 29.4 Å². The van der Waals surface area contributed by atoms with E-state index in [0.29, 0.717) is 33.9 Å². The molecule has 0 amide bonds. The van der Waals surface area contributed by atoms with E-state index in [2.05, 4.69) is 0 Å². The smallest absolute Gasteiger partial charge is 0.341 e. The predicted octanol–water partition coefficient (Wildman–Crippen LogP) is 3.80. The minimum absolute atomic E-state index is 0.0221. The maximum absolute atomic E-state index is 12.9. The second-order valence-corrected chi connectivity index (χ2v) is 7.26. The first-order valence-corrected chi connectivity index (χ1v) is 9.80. The number of hydrogen-bond donors (Lipinski definition) is 1. The van der Waals surface area contributed by atoms with Gasteiger partial charge in [-0.2, -0.15) is 0 Å². The van der Waals surface area contributed by atoms with Gasteiger partial charge in [0.25, 0.3) is 0 Å².